The number of ether oxygens (including phenoxy) is 1. The maximum Gasteiger partial charge on any atom is 0.306 e. The predicted molar refractivity (Wildman–Crippen MR) is 131 cm³/mol. The van der Waals surface area contributed by atoms with Crippen LogP contribution in [0.1, 0.15) is 45.1 Å². The number of carbonyl (C=O) groups is 1. The van der Waals surface area contributed by atoms with Gasteiger partial charge in [-0.1, -0.05) is 55.0 Å². The van der Waals surface area contributed by atoms with Gasteiger partial charge < -0.3 is 14.8 Å². The lowest BCUT2D eigenvalue weighted by atomic mass is 9.73. The van der Waals surface area contributed by atoms with Crippen LogP contribution in [0.2, 0.25) is 5.02 Å². The van der Waals surface area contributed by atoms with E-state index in [0.717, 1.165) is 29.4 Å². The minimum atomic E-state index is -0.771. The highest BCUT2D eigenvalue weighted by Gasteiger charge is 2.36. The van der Waals surface area contributed by atoms with Crippen LogP contribution in [0.5, 0.6) is 6.01 Å². The molecule has 1 saturated carbocycles. The summed E-state index contributed by atoms with van der Waals surface area (Å²) in [5.41, 5.74) is 2.36. The van der Waals surface area contributed by atoms with E-state index < -0.39 is 5.97 Å². The maximum atomic E-state index is 11.0. The van der Waals surface area contributed by atoms with Gasteiger partial charge >= 0.3 is 5.97 Å². The Morgan fingerprint density at radius 2 is 2.19 bits per heavy atom. The van der Waals surface area contributed by atoms with Crippen LogP contribution >= 0.6 is 11.6 Å². The zero-order valence-electron chi connectivity index (χ0n) is 18.7. The van der Waals surface area contributed by atoms with Crippen molar-refractivity contribution in [1.82, 2.24) is 9.97 Å². The molecule has 1 heterocycles. The standard InChI is InChI=1S/C26H31ClN2O3/c1-5-9-19(26(4,7-3)12-6-2)11-8-10-17-15-22-23(16-21(17)27)29-25(28-22)32-20-13-18(14-20)24(30)31/h5-10,15-16,18-20H,2-3,11-14H2,1,4H3,(H,28,29)(H,30,31)/b9-5-,10-8+. The van der Waals surface area contributed by atoms with Gasteiger partial charge in [-0.05, 0) is 61.6 Å². The molecule has 3 rings (SSSR count). The Bertz CT molecular complexity index is 1050. The van der Waals surface area contributed by atoms with E-state index in [9.17, 15) is 4.79 Å². The Kier molecular flexibility index (Phi) is 7.62. The van der Waals surface area contributed by atoms with Gasteiger partial charge in [0.25, 0.3) is 6.01 Å². The Hall–Kier alpha value is -2.79. The number of benzene rings is 1. The molecular formula is C26H31ClN2O3. The lowest BCUT2D eigenvalue weighted by Gasteiger charge is -2.32. The Morgan fingerprint density at radius 3 is 2.81 bits per heavy atom. The van der Waals surface area contributed by atoms with Crippen molar-refractivity contribution in [2.45, 2.75) is 45.6 Å². The second kappa shape index (κ2) is 10.2. The summed E-state index contributed by atoms with van der Waals surface area (Å²) in [5, 5.41) is 9.62. The first-order chi connectivity index (χ1) is 15.3. The van der Waals surface area contributed by atoms with Crippen LogP contribution in [0.3, 0.4) is 0 Å². The zero-order valence-corrected chi connectivity index (χ0v) is 19.4. The molecule has 1 aromatic carbocycles. The summed E-state index contributed by atoms with van der Waals surface area (Å²) in [6.45, 7) is 12.2. The van der Waals surface area contributed by atoms with E-state index in [1.165, 1.54) is 0 Å². The molecule has 6 heteroatoms. The fraction of sp³-hybridized carbons (Fsp3) is 0.385. The number of hydrogen-bond donors (Lipinski definition) is 2. The summed E-state index contributed by atoms with van der Waals surface area (Å²) in [5.74, 6) is -0.798. The van der Waals surface area contributed by atoms with Crippen LogP contribution in [0.25, 0.3) is 17.1 Å². The van der Waals surface area contributed by atoms with Crippen molar-refractivity contribution in [1.29, 1.82) is 0 Å². The number of hydrogen-bond acceptors (Lipinski definition) is 3. The topological polar surface area (TPSA) is 75.2 Å². The number of nitrogens with one attached hydrogen (secondary N) is 1. The van der Waals surface area contributed by atoms with Crippen molar-refractivity contribution >= 4 is 34.7 Å². The van der Waals surface area contributed by atoms with Gasteiger partial charge in [-0.25, -0.2) is 0 Å². The monoisotopic (exact) mass is 454 g/mol. The average Bonchev–Trinajstić information content (AvgIpc) is 3.10. The molecule has 170 valence electrons. The number of imidazole rings is 1. The van der Waals surface area contributed by atoms with E-state index >= 15 is 0 Å². The first-order valence-electron chi connectivity index (χ1n) is 10.9. The summed E-state index contributed by atoms with van der Waals surface area (Å²) in [4.78, 5) is 18.6. The van der Waals surface area contributed by atoms with Gasteiger partial charge in [0.15, 0.2) is 0 Å². The van der Waals surface area contributed by atoms with Crippen molar-refractivity contribution in [3.05, 3.63) is 66.3 Å². The lowest BCUT2D eigenvalue weighted by molar-refractivity contribution is -0.148. The molecule has 1 aliphatic carbocycles. The Balaban J connectivity index is 1.72. The van der Waals surface area contributed by atoms with Gasteiger partial charge in [0, 0.05) is 0 Å². The van der Waals surface area contributed by atoms with Crippen LogP contribution in [-0.2, 0) is 4.79 Å². The number of aliphatic carboxylic acids is 1. The number of carboxylic acid groups (broad SMARTS) is 1. The van der Waals surface area contributed by atoms with Gasteiger partial charge in [-0.2, -0.15) is 4.98 Å². The zero-order chi connectivity index (χ0) is 23.3. The smallest absolute Gasteiger partial charge is 0.306 e. The highest BCUT2D eigenvalue weighted by molar-refractivity contribution is 6.32. The molecule has 5 nitrogen and oxygen atoms in total. The van der Waals surface area contributed by atoms with E-state index in [2.05, 4.69) is 48.3 Å². The van der Waals surface area contributed by atoms with Gasteiger partial charge in [-0.15, -0.1) is 13.2 Å². The minimum absolute atomic E-state index is 0.0675. The molecule has 0 amide bonds. The number of halogens is 1. The largest absolute Gasteiger partial charge is 0.481 e. The number of H-pyrrole nitrogens is 1. The van der Waals surface area contributed by atoms with E-state index in [1.54, 1.807) is 0 Å². The number of aromatic nitrogens is 2. The van der Waals surface area contributed by atoms with Crippen molar-refractivity contribution in [2.24, 2.45) is 17.3 Å². The molecule has 0 spiro atoms. The summed E-state index contributed by atoms with van der Waals surface area (Å²) in [6, 6.07) is 4.16. The quantitative estimate of drug-likeness (QED) is 0.365. The van der Waals surface area contributed by atoms with Crippen LogP contribution in [0.15, 0.2) is 55.7 Å². The fourth-order valence-corrected chi connectivity index (χ4v) is 4.29. The van der Waals surface area contributed by atoms with Crippen molar-refractivity contribution in [2.75, 3.05) is 0 Å². The van der Waals surface area contributed by atoms with E-state index in [4.69, 9.17) is 21.4 Å². The normalized spacial score (nSPS) is 21.3. The highest BCUT2D eigenvalue weighted by Crippen LogP contribution is 2.37. The molecule has 0 aliphatic heterocycles. The molecule has 1 aliphatic rings. The molecule has 0 radical (unpaired) electrons. The number of fused-ring (bicyclic) bond motifs is 1. The molecular weight excluding hydrogens is 424 g/mol. The fourth-order valence-electron chi connectivity index (χ4n) is 4.07. The van der Waals surface area contributed by atoms with Crippen LogP contribution < -0.4 is 4.74 Å². The van der Waals surface area contributed by atoms with Gasteiger partial charge in [0.05, 0.1) is 22.0 Å². The molecule has 0 bridgehead atoms. The van der Waals surface area contributed by atoms with Crippen LogP contribution in [-0.4, -0.2) is 27.1 Å². The third-order valence-electron chi connectivity index (χ3n) is 6.31. The number of aromatic amines is 1. The van der Waals surface area contributed by atoms with Crippen molar-refractivity contribution < 1.29 is 14.6 Å². The third kappa shape index (κ3) is 5.33. The SMILES string of the molecule is C=CCC(C)(C=C)C(/C=C\C)C/C=C/c1cc2nc(OC3CC(C(=O)O)C3)[nH]c2cc1Cl. The lowest BCUT2D eigenvalue weighted by Crippen LogP contribution is -2.38. The molecule has 2 N–H and O–H groups in total. The minimum Gasteiger partial charge on any atom is -0.481 e. The van der Waals surface area contributed by atoms with E-state index in [1.807, 2.05) is 37.3 Å². The van der Waals surface area contributed by atoms with Gasteiger partial charge in [0.2, 0.25) is 0 Å². The number of allylic oxidation sites excluding steroid dienone is 5. The number of nitrogens with zero attached hydrogens (tertiary/aromatic N) is 1. The second-order valence-corrected chi connectivity index (χ2v) is 9.06. The van der Waals surface area contributed by atoms with Crippen molar-refractivity contribution in [3.8, 4) is 6.01 Å². The maximum absolute atomic E-state index is 11.0. The van der Waals surface area contributed by atoms with Crippen molar-refractivity contribution in [3.63, 3.8) is 0 Å². The average molecular weight is 455 g/mol. The van der Waals surface area contributed by atoms with E-state index in [-0.39, 0.29) is 17.4 Å². The van der Waals surface area contributed by atoms with Crippen LogP contribution in [0.4, 0.5) is 0 Å². The second-order valence-electron chi connectivity index (χ2n) is 8.65. The molecule has 2 atom stereocenters. The third-order valence-corrected chi connectivity index (χ3v) is 6.64. The number of rotatable bonds is 11. The molecule has 1 aromatic heterocycles. The molecule has 2 unspecified atom stereocenters. The molecule has 0 saturated heterocycles. The summed E-state index contributed by atoms with van der Waals surface area (Å²) < 4.78 is 5.79. The highest BCUT2D eigenvalue weighted by atomic mass is 35.5. The molecule has 2 aromatic rings. The molecule has 32 heavy (non-hydrogen) atoms. The van der Waals surface area contributed by atoms with Gasteiger partial charge in [0.1, 0.15) is 6.10 Å². The Labute approximate surface area is 194 Å². The molecule has 1 fully saturated rings. The van der Waals surface area contributed by atoms with Gasteiger partial charge in [-0.3, -0.25) is 4.79 Å². The summed E-state index contributed by atoms with van der Waals surface area (Å²) >= 11 is 6.51. The van der Waals surface area contributed by atoms with Crippen LogP contribution in [0, 0.1) is 17.3 Å². The predicted octanol–water partition coefficient (Wildman–Crippen LogP) is 6.82. The van der Waals surface area contributed by atoms with E-state index in [0.29, 0.717) is 29.8 Å². The Morgan fingerprint density at radius 1 is 1.44 bits per heavy atom. The summed E-state index contributed by atoms with van der Waals surface area (Å²) in [7, 11) is 0. The first kappa shape index (κ1) is 23.9. The summed E-state index contributed by atoms with van der Waals surface area (Å²) in [6.07, 6.45) is 15.0. The number of carboxylic acids is 1. The first-order valence-corrected chi connectivity index (χ1v) is 11.3.